The lowest BCUT2D eigenvalue weighted by molar-refractivity contribution is 0.250. The number of nitrogens with two attached hydrogens (primary N) is 1. The van der Waals surface area contributed by atoms with Crippen LogP contribution in [0, 0.1) is 5.41 Å². The second-order valence-electron chi connectivity index (χ2n) is 4.63. The van der Waals surface area contributed by atoms with Crippen molar-refractivity contribution in [3.63, 3.8) is 0 Å². The molecule has 5 heteroatoms. The quantitative estimate of drug-likeness (QED) is 0.570. The summed E-state index contributed by atoms with van der Waals surface area (Å²) in [4.78, 5) is 14.0. The first kappa shape index (κ1) is 16.0. The molecule has 0 unspecified atom stereocenters. The third-order valence-electron chi connectivity index (χ3n) is 3.17. The highest BCUT2D eigenvalue weighted by Crippen LogP contribution is 2.27. The van der Waals surface area contributed by atoms with E-state index in [1.54, 1.807) is 4.90 Å². The molecule has 1 aromatic rings. The van der Waals surface area contributed by atoms with Crippen LogP contribution < -0.4 is 16.0 Å². The summed E-state index contributed by atoms with van der Waals surface area (Å²) in [6.07, 6.45) is 2.56. The van der Waals surface area contributed by atoms with Crippen molar-refractivity contribution in [2.45, 2.75) is 40.0 Å². The highest BCUT2D eigenvalue weighted by atomic mass is 16.2. The lowest BCUT2D eigenvalue weighted by Crippen LogP contribution is -2.46. The summed E-state index contributed by atoms with van der Waals surface area (Å²) < 4.78 is 0. The van der Waals surface area contributed by atoms with Gasteiger partial charge in [-0.2, -0.15) is 0 Å². The van der Waals surface area contributed by atoms with Crippen molar-refractivity contribution in [2.24, 2.45) is 5.73 Å². The minimum absolute atomic E-state index is 0.330. The van der Waals surface area contributed by atoms with Gasteiger partial charge < -0.3 is 5.73 Å². The molecule has 1 rings (SSSR count). The maximum Gasteiger partial charge on any atom is 0.328 e. The molecule has 0 heterocycles. The Morgan fingerprint density at radius 2 is 1.80 bits per heavy atom. The van der Waals surface area contributed by atoms with Crippen LogP contribution in [0.4, 0.5) is 10.5 Å². The standard InChI is InChI=1S/C15H24N4O/c1-4-10-19(15(20)18-14(16)17)13-11(5-2)8-7-9-12(13)6-3/h7-9H,4-6,10H2,1-3H3,(H4,16,17,18,20). The molecule has 0 bridgehead atoms. The summed E-state index contributed by atoms with van der Waals surface area (Å²) in [7, 11) is 0. The third kappa shape index (κ3) is 3.73. The molecule has 0 radical (unpaired) electrons. The predicted octanol–water partition coefficient (Wildman–Crippen LogP) is 2.63. The number of carbonyl (C=O) groups is 1. The first-order valence-electron chi connectivity index (χ1n) is 7.08. The van der Waals surface area contributed by atoms with Crippen molar-refractivity contribution in [1.82, 2.24) is 5.32 Å². The van der Waals surface area contributed by atoms with E-state index in [4.69, 9.17) is 11.1 Å². The number of nitrogens with one attached hydrogen (secondary N) is 2. The highest BCUT2D eigenvalue weighted by Gasteiger charge is 2.20. The van der Waals surface area contributed by atoms with Gasteiger partial charge in [-0.3, -0.25) is 15.6 Å². The molecular formula is C15H24N4O. The fourth-order valence-corrected chi connectivity index (χ4v) is 2.28. The maximum absolute atomic E-state index is 12.3. The summed E-state index contributed by atoms with van der Waals surface area (Å²) in [6.45, 7) is 6.77. The molecule has 4 N–H and O–H groups in total. The molecule has 0 aliphatic carbocycles. The summed E-state index contributed by atoms with van der Waals surface area (Å²) >= 11 is 0. The molecule has 0 fully saturated rings. The van der Waals surface area contributed by atoms with Gasteiger partial charge in [0, 0.05) is 6.54 Å². The molecule has 0 saturated carbocycles. The Kier molecular flexibility index (Phi) is 6.03. The Morgan fingerprint density at radius 3 is 2.20 bits per heavy atom. The zero-order valence-corrected chi connectivity index (χ0v) is 12.5. The third-order valence-corrected chi connectivity index (χ3v) is 3.17. The maximum atomic E-state index is 12.3. The molecule has 2 amide bonds. The van der Waals surface area contributed by atoms with Crippen LogP contribution in [-0.4, -0.2) is 18.5 Å². The average Bonchev–Trinajstić information content (AvgIpc) is 2.43. The van der Waals surface area contributed by atoms with Crippen molar-refractivity contribution in [2.75, 3.05) is 11.4 Å². The van der Waals surface area contributed by atoms with E-state index in [9.17, 15) is 4.79 Å². The van der Waals surface area contributed by atoms with Crippen LogP contribution in [0.15, 0.2) is 18.2 Å². The monoisotopic (exact) mass is 276 g/mol. The number of nitrogens with zero attached hydrogens (tertiary/aromatic N) is 1. The molecule has 0 aromatic heterocycles. The largest absolute Gasteiger partial charge is 0.370 e. The van der Waals surface area contributed by atoms with Crippen molar-refractivity contribution in [3.05, 3.63) is 29.3 Å². The fraction of sp³-hybridized carbons (Fsp3) is 0.467. The molecule has 20 heavy (non-hydrogen) atoms. The smallest absolute Gasteiger partial charge is 0.328 e. The first-order valence-corrected chi connectivity index (χ1v) is 7.08. The van der Waals surface area contributed by atoms with Crippen LogP contribution in [0.25, 0.3) is 0 Å². The topological polar surface area (TPSA) is 82.2 Å². The number of anilines is 1. The number of hydrogen-bond acceptors (Lipinski definition) is 2. The van der Waals surface area contributed by atoms with Gasteiger partial charge in [0.1, 0.15) is 0 Å². The van der Waals surface area contributed by atoms with E-state index in [0.29, 0.717) is 6.54 Å². The van der Waals surface area contributed by atoms with Crippen LogP contribution >= 0.6 is 0 Å². The second kappa shape index (κ2) is 7.53. The number of urea groups is 1. The average molecular weight is 276 g/mol. The van der Waals surface area contributed by atoms with E-state index in [0.717, 1.165) is 36.1 Å². The number of aryl methyl sites for hydroxylation is 2. The van der Waals surface area contributed by atoms with Crippen molar-refractivity contribution in [1.29, 1.82) is 5.41 Å². The van der Waals surface area contributed by atoms with Crippen LogP contribution in [0.2, 0.25) is 0 Å². The van der Waals surface area contributed by atoms with Crippen LogP contribution in [0.5, 0.6) is 0 Å². The Balaban J connectivity index is 3.26. The molecule has 1 aromatic carbocycles. The van der Waals surface area contributed by atoms with Crippen molar-refractivity contribution < 1.29 is 4.79 Å². The lowest BCUT2D eigenvalue weighted by atomic mass is 10.0. The van der Waals surface area contributed by atoms with Gasteiger partial charge in [0.05, 0.1) is 5.69 Å². The number of carbonyl (C=O) groups excluding carboxylic acids is 1. The molecule has 0 saturated heterocycles. The van der Waals surface area contributed by atoms with E-state index >= 15 is 0 Å². The summed E-state index contributed by atoms with van der Waals surface area (Å²) in [5, 5.41) is 9.61. The molecule has 0 aliphatic heterocycles. The highest BCUT2D eigenvalue weighted by molar-refractivity contribution is 6.03. The SMILES string of the molecule is CCCN(C(=O)NC(=N)N)c1c(CC)cccc1CC. The van der Waals surface area contributed by atoms with Crippen LogP contribution in [0.1, 0.15) is 38.3 Å². The number of rotatable bonds is 5. The van der Waals surface area contributed by atoms with E-state index in [1.165, 1.54) is 0 Å². The summed E-state index contributed by atoms with van der Waals surface area (Å²) in [6, 6.07) is 5.76. The summed E-state index contributed by atoms with van der Waals surface area (Å²) in [5.74, 6) is -0.330. The Labute approximate surface area is 120 Å². The van der Waals surface area contributed by atoms with Gasteiger partial charge in [0.25, 0.3) is 0 Å². The number of para-hydroxylation sites is 1. The van der Waals surface area contributed by atoms with E-state index in [-0.39, 0.29) is 12.0 Å². The first-order chi connectivity index (χ1) is 9.54. The van der Waals surface area contributed by atoms with Crippen LogP contribution in [0.3, 0.4) is 0 Å². The van der Waals surface area contributed by atoms with E-state index < -0.39 is 0 Å². The lowest BCUT2D eigenvalue weighted by Gasteiger charge is -2.27. The molecule has 0 spiro atoms. The number of benzene rings is 1. The zero-order chi connectivity index (χ0) is 15.1. The van der Waals surface area contributed by atoms with E-state index in [1.807, 2.05) is 25.1 Å². The normalized spacial score (nSPS) is 10.2. The van der Waals surface area contributed by atoms with Crippen molar-refractivity contribution in [3.8, 4) is 0 Å². The number of amides is 2. The fourth-order valence-electron chi connectivity index (χ4n) is 2.28. The molecule has 0 atom stereocenters. The molecule has 5 nitrogen and oxygen atoms in total. The van der Waals surface area contributed by atoms with Gasteiger partial charge in [-0.15, -0.1) is 0 Å². The molecule has 110 valence electrons. The van der Waals surface area contributed by atoms with Crippen LogP contribution in [-0.2, 0) is 12.8 Å². The van der Waals surface area contributed by atoms with Crippen molar-refractivity contribution >= 4 is 17.7 Å². The van der Waals surface area contributed by atoms with Gasteiger partial charge in [-0.05, 0) is 30.4 Å². The van der Waals surface area contributed by atoms with Gasteiger partial charge in [-0.1, -0.05) is 39.0 Å². The second-order valence-corrected chi connectivity index (χ2v) is 4.63. The van der Waals surface area contributed by atoms with E-state index in [2.05, 4.69) is 19.2 Å². The number of hydrogen-bond donors (Lipinski definition) is 3. The minimum atomic E-state index is -0.338. The minimum Gasteiger partial charge on any atom is -0.370 e. The summed E-state index contributed by atoms with van der Waals surface area (Å²) in [5.41, 5.74) is 8.50. The zero-order valence-electron chi connectivity index (χ0n) is 12.5. The Bertz CT molecular complexity index is 463. The van der Waals surface area contributed by atoms with Gasteiger partial charge in [0.2, 0.25) is 0 Å². The Morgan fingerprint density at radius 1 is 1.25 bits per heavy atom. The predicted molar refractivity (Wildman–Crippen MR) is 83.3 cm³/mol. The van der Waals surface area contributed by atoms with Gasteiger partial charge in [-0.25, -0.2) is 4.79 Å². The Hall–Kier alpha value is -2.04. The van der Waals surface area contributed by atoms with Gasteiger partial charge in [0.15, 0.2) is 5.96 Å². The van der Waals surface area contributed by atoms with Gasteiger partial charge >= 0.3 is 6.03 Å². The number of guanidine groups is 1. The molecular weight excluding hydrogens is 252 g/mol. The molecule has 0 aliphatic rings.